The Morgan fingerprint density at radius 2 is 1.81 bits per heavy atom. The molecule has 1 aliphatic heterocycles. The Kier molecular flexibility index (Phi) is 8.25. The molecule has 0 spiro atoms. The lowest BCUT2D eigenvalue weighted by atomic mass is 9.86. The van der Waals surface area contributed by atoms with Crippen molar-refractivity contribution < 1.29 is 9.53 Å². The van der Waals surface area contributed by atoms with Crippen LogP contribution in [0.25, 0.3) is 22.0 Å². The fourth-order valence-corrected chi connectivity index (χ4v) is 7.37. The molecule has 1 unspecified atom stereocenters. The number of nitrogens with zero attached hydrogens (tertiary/aromatic N) is 2. The van der Waals surface area contributed by atoms with E-state index in [1.165, 1.54) is 27.1 Å². The Balaban J connectivity index is 1.38. The average Bonchev–Trinajstić information content (AvgIpc) is 3.29. The molecule has 5 aromatic rings. The van der Waals surface area contributed by atoms with Gasteiger partial charge in [-0.3, -0.25) is 9.78 Å². The Morgan fingerprint density at radius 3 is 2.51 bits per heavy atom. The van der Waals surface area contributed by atoms with Gasteiger partial charge in [0.25, 0.3) is 0 Å². The van der Waals surface area contributed by atoms with Crippen LogP contribution in [0.3, 0.4) is 0 Å². The summed E-state index contributed by atoms with van der Waals surface area (Å²) in [6.45, 7) is 7.40. The molecule has 2 aromatic heterocycles. The number of thioether (sulfide) groups is 1. The summed E-state index contributed by atoms with van der Waals surface area (Å²) in [7, 11) is 1.71. The van der Waals surface area contributed by atoms with Gasteiger partial charge < -0.3 is 14.6 Å². The second kappa shape index (κ2) is 12.1. The van der Waals surface area contributed by atoms with Crippen LogP contribution >= 0.6 is 23.4 Å². The van der Waals surface area contributed by atoms with E-state index in [9.17, 15) is 4.79 Å². The zero-order valence-electron chi connectivity index (χ0n) is 25.0. The van der Waals surface area contributed by atoms with E-state index in [2.05, 4.69) is 59.3 Å². The summed E-state index contributed by atoms with van der Waals surface area (Å²) in [6.07, 6.45) is 3.45. The lowest BCUT2D eigenvalue weighted by Gasteiger charge is -2.26. The number of nitrogens with one attached hydrogen (secondary N) is 1. The van der Waals surface area contributed by atoms with Crippen molar-refractivity contribution in [2.24, 2.45) is 5.41 Å². The molecule has 3 aromatic carbocycles. The molecule has 0 saturated heterocycles. The normalized spacial score (nSPS) is 14.6. The Hall–Kier alpha value is -3.74. The highest BCUT2D eigenvalue weighted by Gasteiger charge is 2.34. The third-order valence-electron chi connectivity index (χ3n) is 8.18. The highest BCUT2D eigenvalue weighted by Crippen LogP contribution is 2.48. The summed E-state index contributed by atoms with van der Waals surface area (Å²) in [5.74, 6) is 0.933. The minimum atomic E-state index is -0.574. The van der Waals surface area contributed by atoms with Crippen molar-refractivity contribution >= 4 is 40.2 Å². The topological polar surface area (TPSA) is 56.1 Å². The van der Waals surface area contributed by atoms with Crippen LogP contribution in [0.5, 0.6) is 5.75 Å². The fourth-order valence-electron chi connectivity index (χ4n) is 5.93. The minimum Gasteiger partial charge on any atom is -0.487 e. The third kappa shape index (κ3) is 6.04. The Bertz CT molecular complexity index is 1760. The van der Waals surface area contributed by atoms with Crippen molar-refractivity contribution in [3.05, 3.63) is 113 Å². The smallest absolute Gasteiger partial charge is 0.225 e. The van der Waals surface area contributed by atoms with Crippen molar-refractivity contribution in [2.75, 3.05) is 7.05 Å². The van der Waals surface area contributed by atoms with E-state index in [1.807, 2.05) is 68.2 Å². The number of hydrogen-bond acceptors (Lipinski definition) is 4. The van der Waals surface area contributed by atoms with Gasteiger partial charge in [0, 0.05) is 69.0 Å². The van der Waals surface area contributed by atoms with Gasteiger partial charge in [0.15, 0.2) is 0 Å². The van der Waals surface area contributed by atoms with Crippen LogP contribution in [-0.2, 0) is 30.8 Å². The number of halogens is 1. The molecule has 0 saturated carbocycles. The molecular formula is C36H36ClN3O2S. The van der Waals surface area contributed by atoms with E-state index in [1.54, 1.807) is 7.05 Å². The molecule has 0 bridgehead atoms. The second-order valence-electron chi connectivity index (χ2n) is 11.9. The largest absolute Gasteiger partial charge is 0.487 e. The maximum Gasteiger partial charge on any atom is 0.225 e. The van der Waals surface area contributed by atoms with Crippen molar-refractivity contribution in [3.8, 4) is 16.9 Å². The van der Waals surface area contributed by atoms with E-state index in [0.29, 0.717) is 24.8 Å². The van der Waals surface area contributed by atoms with E-state index in [-0.39, 0.29) is 5.91 Å². The van der Waals surface area contributed by atoms with E-state index in [0.717, 1.165) is 39.6 Å². The van der Waals surface area contributed by atoms with Gasteiger partial charge in [0.2, 0.25) is 5.91 Å². The third-order valence-corrected chi connectivity index (χ3v) is 9.67. The van der Waals surface area contributed by atoms with E-state index >= 15 is 0 Å². The van der Waals surface area contributed by atoms with Crippen LogP contribution in [0, 0.1) is 5.41 Å². The van der Waals surface area contributed by atoms with Crippen LogP contribution in [0.4, 0.5) is 0 Å². The molecule has 220 valence electrons. The number of pyridine rings is 1. The van der Waals surface area contributed by atoms with Gasteiger partial charge in [0.1, 0.15) is 12.4 Å². The van der Waals surface area contributed by atoms with Crippen molar-refractivity contribution in [1.82, 2.24) is 14.9 Å². The zero-order chi connectivity index (χ0) is 30.1. The van der Waals surface area contributed by atoms with Gasteiger partial charge in [-0.05, 0) is 47.9 Å². The van der Waals surface area contributed by atoms with Gasteiger partial charge in [0.05, 0.1) is 11.2 Å². The lowest BCUT2D eigenvalue weighted by molar-refractivity contribution is -0.128. The van der Waals surface area contributed by atoms with Gasteiger partial charge in [-0.1, -0.05) is 80.9 Å². The van der Waals surface area contributed by atoms with E-state index in [4.69, 9.17) is 21.3 Å². The van der Waals surface area contributed by atoms with Crippen molar-refractivity contribution in [1.29, 1.82) is 0 Å². The minimum absolute atomic E-state index is 0.0342. The summed E-state index contributed by atoms with van der Waals surface area (Å²) in [5, 5.41) is 5.20. The predicted octanol–water partition coefficient (Wildman–Crippen LogP) is 8.34. The second-order valence-corrected chi connectivity index (χ2v) is 13.8. The number of amides is 1. The number of hydrogen-bond donors (Lipinski definition) is 1. The van der Waals surface area contributed by atoms with Crippen LogP contribution < -0.4 is 10.1 Å². The number of rotatable bonds is 9. The predicted molar refractivity (Wildman–Crippen MR) is 177 cm³/mol. The van der Waals surface area contributed by atoms with Gasteiger partial charge >= 0.3 is 0 Å². The molecule has 5 nitrogen and oxygen atoms in total. The molecule has 1 N–H and O–H groups in total. The van der Waals surface area contributed by atoms with Crippen LogP contribution in [-0.4, -0.2) is 27.8 Å². The molecule has 7 heteroatoms. The van der Waals surface area contributed by atoms with Crippen LogP contribution in [0.15, 0.2) is 90.0 Å². The maximum atomic E-state index is 12.9. The number of aromatic nitrogens is 2. The summed E-state index contributed by atoms with van der Waals surface area (Å²) < 4.78 is 8.87. The van der Waals surface area contributed by atoms with Gasteiger partial charge in [-0.2, -0.15) is 0 Å². The molecule has 0 radical (unpaired) electrons. The van der Waals surface area contributed by atoms with Gasteiger partial charge in [-0.25, -0.2) is 0 Å². The molecule has 1 atom stereocenters. The lowest BCUT2D eigenvalue weighted by Crippen LogP contribution is -2.36. The monoisotopic (exact) mass is 609 g/mol. The average molecular weight is 610 g/mol. The maximum absolute atomic E-state index is 12.9. The molecule has 1 aliphatic rings. The summed E-state index contributed by atoms with van der Waals surface area (Å²) in [6, 6.07) is 26.7. The van der Waals surface area contributed by atoms with Gasteiger partial charge in [-0.15, -0.1) is 11.8 Å². The summed E-state index contributed by atoms with van der Waals surface area (Å²) in [5.41, 5.74) is 7.30. The SMILES string of the molecule is CNC(=O)C(C)(C)Cc1c2c3c(c(OCc4ccc(-c5ccccc5)cn4)ccc3n1Cc1ccc(Cl)cc1)CC(C)S2. The number of carbonyl (C=O) groups excluding carboxylic acids is 1. The van der Waals surface area contributed by atoms with Crippen LogP contribution in [0.2, 0.25) is 5.02 Å². The summed E-state index contributed by atoms with van der Waals surface area (Å²) >= 11 is 8.11. The highest BCUT2D eigenvalue weighted by atomic mass is 35.5. The summed E-state index contributed by atoms with van der Waals surface area (Å²) in [4.78, 5) is 18.9. The zero-order valence-corrected chi connectivity index (χ0v) is 26.6. The highest BCUT2D eigenvalue weighted by molar-refractivity contribution is 8.00. The number of benzene rings is 3. The molecule has 0 aliphatic carbocycles. The first-order chi connectivity index (χ1) is 20.7. The number of ether oxygens (including phenoxy) is 1. The van der Waals surface area contributed by atoms with E-state index < -0.39 is 5.41 Å². The Morgan fingerprint density at radius 1 is 1.05 bits per heavy atom. The molecule has 1 amide bonds. The first-order valence-electron chi connectivity index (χ1n) is 14.7. The van der Waals surface area contributed by atoms with Crippen LogP contribution in [0.1, 0.15) is 43.3 Å². The molecule has 43 heavy (non-hydrogen) atoms. The molecule has 0 fully saturated rings. The molecular weight excluding hydrogens is 574 g/mol. The Labute approximate surface area is 262 Å². The quantitative estimate of drug-likeness (QED) is 0.182. The standard InChI is InChI=1S/C36H36ClN3O2S/c1-23-18-29-32(42-22-28-15-12-26(20-39-28)25-8-6-5-7-9-25)17-16-30-33(29)34(43-23)31(19-36(2,3)35(41)38-4)40(30)21-24-10-13-27(37)14-11-24/h5-17,20,23H,18-19,21-22H2,1-4H3,(H,38,41). The first-order valence-corrected chi connectivity index (χ1v) is 15.9. The molecule has 3 heterocycles. The first kappa shape index (κ1) is 29.3. The number of carbonyl (C=O) groups is 1. The van der Waals surface area contributed by atoms with Crippen molar-refractivity contribution in [2.45, 2.75) is 56.9 Å². The van der Waals surface area contributed by atoms with Crippen molar-refractivity contribution in [3.63, 3.8) is 0 Å². The molecule has 6 rings (SSSR count). The fraction of sp³-hybridized carbons (Fsp3) is 0.278.